The van der Waals surface area contributed by atoms with Crippen LogP contribution in [0.5, 0.6) is 0 Å². The lowest BCUT2D eigenvalue weighted by Gasteiger charge is -2.26. The molecule has 3 amide bonds. The van der Waals surface area contributed by atoms with Crippen molar-refractivity contribution in [3.05, 3.63) is 101 Å². The average Bonchev–Trinajstić information content (AvgIpc) is 3.93. The summed E-state index contributed by atoms with van der Waals surface area (Å²) in [5, 5.41) is 2.43. The molecule has 1 saturated carbocycles. The van der Waals surface area contributed by atoms with Gasteiger partial charge < -0.3 is 30.1 Å². The van der Waals surface area contributed by atoms with E-state index in [0.29, 0.717) is 11.1 Å². The Hall–Kier alpha value is -4.76. The number of aliphatic imine (C=N–C) groups is 1. The first-order valence-electron chi connectivity index (χ1n) is 16.5. The molecule has 53 heavy (non-hydrogen) atoms. The van der Waals surface area contributed by atoms with Gasteiger partial charge in [0.2, 0.25) is 18.5 Å². The smallest absolute Gasteiger partial charge is 0.389 e. The number of hydrogen-bond acceptors (Lipinski definition) is 9. The quantitative estimate of drug-likeness (QED) is 0.0764. The predicted molar refractivity (Wildman–Crippen MR) is 188 cm³/mol. The molecule has 0 saturated heterocycles. The second-order valence-electron chi connectivity index (χ2n) is 12.0. The molecule has 3 aromatic rings. The Morgan fingerprint density at radius 2 is 1.70 bits per heavy atom. The van der Waals surface area contributed by atoms with E-state index in [4.69, 9.17) is 23.8 Å². The van der Waals surface area contributed by atoms with Gasteiger partial charge in [-0.05, 0) is 42.5 Å². The number of alkyl halides is 3. The van der Waals surface area contributed by atoms with E-state index < -0.39 is 70.0 Å². The number of benzodiazepines with no additional fused rings is 1. The summed E-state index contributed by atoms with van der Waals surface area (Å²) >= 11 is 0. The molecule has 2 aliphatic rings. The van der Waals surface area contributed by atoms with E-state index in [1.54, 1.807) is 37.3 Å². The molecule has 1 aliphatic carbocycles. The zero-order valence-corrected chi connectivity index (χ0v) is 29.9. The summed E-state index contributed by atoms with van der Waals surface area (Å²) in [4.78, 5) is 71.7. The summed E-state index contributed by atoms with van der Waals surface area (Å²) in [6, 6.07) is 18.1. The van der Waals surface area contributed by atoms with E-state index >= 15 is 4.39 Å². The molecule has 1 aliphatic heterocycles. The molecule has 2 atom stereocenters. The topological polar surface area (TPSA) is 181 Å². The van der Waals surface area contributed by atoms with Crippen LogP contribution in [0.2, 0.25) is 0 Å². The fraction of sp³-hybridized carbons (Fsp3) is 0.361. The summed E-state index contributed by atoms with van der Waals surface area (Å²) in [6.45, 7) is 2.89. The molecule has 0 radical (unpaired) electrons. The van der Waals surface area contributed by atoms with Crippen LogP contribution in [0.25, 0.3) is 0 Å². The van der Waals surface area contributed by atoms with Gasteiger partial charge in [-0.25, -0.2) is 14.2 Å². The maximum Gasteiger partial charge on any atom is 0.389 e. The maximum atomic E-state index is 15.5. The van der Waals surface area contributed by atoms with E-state index in [1.807, 2.05) is 0 Å². The number of ether oxygens (including phenoxy) is 1. The highest BCUT2D eigenvalue weighted by atomic mass is 31.2. The summed E-state index contributed by atoms with van der Waals surface area (Å²) < 4.78 is 64.4. The number of amides is 3. The highest BCUT2D eigenvalue weighted by Gasteiger charge is 2.37. The summed E-state index contributed by atoms with van der Waals surface area (Å²) in [6.07, 6.45) is -4.62. The average molecular weight is 765 g/mol. The molecule has 286 valence electrons. The van der Waals surface area contributed by atoms with Gasteiger partial charge in [0.15, 0.2) is 6.73 Å². The Morgan fingerprint density at radius 1 is 1.08 bits per heavy atom. The number of anilines is 1. The molecule has 1 fully saturated rings. The van der Waals surface area contributed by atoms with Crippen molar-refractivity contribution in [3.8, 4) is 0 Å². The number of nitrogens with zero attached hydrogens (tertiary/aromatic N) is 2. The standard InChI is InChI=1S/C31H30F4N3O7P.C4H8.CH3NO/c1-2-20(15-16-31(33,34)35)28(39)37-27-29(40)38(18-44-30(41)22-13-11-19(12-14-22)17-45-46(42)43)26-23(9-6-10-24(26)32)25(36-27)21-7-4-3-5-8-21;1-4-2-3-4;2-1-3/h3-14,20,27,42-43H,2,15-18H2,1H3,(H,37,39);4H,2-3H2,1H3;1H,(H2,2,3)/t20-,27+;;/m0../s1. The van der Waals surface area contributed by atoms with Crippen LogP contribution in [-0.4, -0.2) is 58.8 Å². The Morgan fingerprint density at radius 3 is 2.25 bits per heavy atom. The van der Waals surface area contributed by atoms with Gasteiger partial charge in [-0.1, -0.05) is 81.3 Å². The first-order chi connectivity index (χ1) is 25.2. The molecule has 5 rings (SSSR count). The molecule has 0 aromatic heterocycles. The van der Waals surface area contributed by atoms with Gasteiger partial charge in [-0.15, -0.1) is 0 Å². The predicted octanol–water partition coefficient (Wildman–Crippen LogP) is 5.88. The summed E-state index contributed by atoms with van der Waals surface area (Å²) in [5.74, 6) is -3.58. The number of fused-ring (bicyclic) bond motifs is 1. The number of nitrogens with one attached hydrogen (secondary N) is 1. The van der Waals surface area contributed by atoms with E-state index in [0.717, 1.165) is 16.9 Å². The highest BCUT2D eigenvalue weighted by molar-refractivity contribution is 7.39. The minimum Gasteiger partial charge on any atom is -0.440 e. The number of benzene rings is 3. The van der Waals surface area contributed by atoms with Crippen molar-refractivity contribution in [1.29, 1.82) is 0 Å². The molecule has 1 heterocycles. The van der Waals surface area contributed by atoms with Gasteiger partial charge in [0.25, 0.3) is 5.91 Å². The van der Waals surface area contributed by atoms with Crippen molar-refractivity contribution in [2.75, 3.05) is 11.6 Å². The third kappa shape index (κ3) is 13.6. The number of hydrogen-bond donors (Lipinski definition) is 4. The fourth-order valence-electron chi connectivity index (χ4n) is 4.89. The normalized spacial score (nSPS) is 15.7. The van der Waals surface area contributed by atoms with Crippen molar-refractivity contribution in [2.24, 2.45) is 22.6 Å². The monoisotopic (exact) mass is 764 g/mol. The molecule has 0 spiro atoms. The SMILES string of the molecule is CC1CC1.CC[C@@H](CCC(F)(F)F)C(=O)N[C@H]1N=C(c2ccccc2)c2cccc(F)c2N(COC(=O)c2ccc(COP(O)O)cc2)C1=O.NC=O. The highest BCUT2D eigenvalue weighted by Crippen LogP contribution is 2.32. The second kappa shape index (κ2) is 20.5. The zero-order valence-electron chi connectivity index (χ0n) is 29.0. The number of primary amides is 1. The Labute approximate surface area is 305 Å². The number of nitrogens with two attached hydrogens (primary N) is 1. The number of carbonyl (C=O) groups excluding carboxylic acids is 4. The molecule has 3 aromatic carbocycles. The lowest BCUT2D eigenvalue weighted by Crippen LogP contribution is -2.50. The number of rotatable bonds is 12. The van der Waals surface area contributed by atoms with Crippen molar-refractivity contribution in [2.45, 2.75) is 64.9 Å². The van der Waals surface area contributed by atoms with Crippen molar-refractivity contribution in [3.63, 3.8) is 0 Å². The largest absolute Gasteiger partial charge is 0.440 e. The maximum absolute atomic E-state index is 15.5. The van der Waals surface area contributed by atoms with Crippen LogP contribution in [0.4, 0.5) is 23.2 Å². The van der Waals surface area contributed by atoms with Gasteiger partial charge in [-0.2, -0.15) is 13.2 Å². The van der Waals surface area contributed by atoms with Crippen molar-refractivity contribution >= 4 is 44.2 Å². The first-order valence-corrected chi connectivity index (χ1v) is 17.7. The minimum atomic E-state index is -4.49. The number of esters is 1. The van der Waals surface area contributed by atoms with Crippen LogP contribution in [0.3, 0.4) is 0 Å². The Bertz CT molecular complexity index is 1710. The van der Waals surface area contributed by atoms with Crippen LogP contribution < -0.4 is 16.0 Å². The summed E-state index contributed by atoms with van der Waals surface area (Å²) in [5.41, 5.74) is 5.20. The van der Waals surface area contributed by atoms with Gasteiger partial charge in [-0.3, -0.25) is 19.3 Å². The summed E-state index contributed by atoms with van der Waals surface area (Å²) in [7, 11) is -2.57. The van der Waals surface area contributed by atoms with Gasteiger partial charge in [0.1, 0.15) is 5.82 Å². The van der Waals surface area contributed by atoms with Crippen LogP contribution in [0, 0.1) is 17.7 Å². The first kappa shape index (κ1) is 42.7. The van der Waals surface area contributed by atoms with Gasteiger partial charge >= 0.3 is 20.7 Å². The molecule has 17 heteroatoms. The number of para-hydroxylation sites is 1. The Balaban J connectivity index is 0.000000979. The van der Waals surface area contributed by atoms with Crippen molar-refractivity contribution < 1.29 is 55.8 Å². The third-order valence-electron chi connectivity index (χ3n) is 7.96. The van der Waals surface area contributed by atoms with E-state index in [1.165, 1.54) is 49.2 Å². The minimum absolute atomic E-state index is 0.0524. The van der Waals surface area contributed by atoms with Gasteiger partial charge in [0, 0.05) is 23.5 Å². The van der Waals surface area contributed by atoms with E-state index in [9.17, 15) is 27.6 Å². The van der Waals surface area contributed by atoms with Crippen LogP contribution in [-0.2, 0) is 30.3 Å². The Kier molecular flexibility index (Phi) is 16.5. The van der Waals surface area contributed by atoms with Gasteiger partial charge in [0.05, 0.1) is 23.6 Å². The molecule has 0 unspecified atom stereocenters. The second-order valence-corrected chi connectivity index (χ2v) is 12.8. The van der Waals surface area contributed by atoms with Crippen LogP contribution in [0.1, 0.15) is 73.0 Å². The zero-order chi connectivity index (χ0) is 39.1. The number of halogens is 4. The molecular weight excluding hydrogens is 723 g/mol. The molecular formula is C36H41F4N4O8P. The lowest BCUT2D eigenvalue weighted by atomic mass is 9.99. The fourth-order valence-corrected chi connectivity index (χ4v) is 5.16. The van der Waals surface area contributed by atoms with E-state index in [2.05, 4.69) is 23.0 Å². The van der Waals surface area contributed by atoms with Crippen LogP contribution >= 0.6 is 8.60 Å². The number of carbonyl (C=O) groups is 4. The lowest BCUT2D eigenvalue weighted by molar-refractivity contribution is -0.142. The van der Waals surface area contributed by atoms with E-state index in [-0.39, 0.29) is 42.0 Å². The van der Waals surface area contributed by atoms with Crippen molar-refractivity contribution in [1.82, 2.24) is 5.32 Å². The molecule has 5 N–H and O–H groups in total. The van der Waals surface area contributed by atoms with Crippen LogP contribution in [0.15, 0.2) is 77.8 Å². The molecule has 0 bridgehead atoms. The third-order valence-corrected chi connectivity index (χ3v) is 8.32. The molecule has 12 nitrogen and oxygen atoms in total.